The molecule has 3 atom stereocenters. The highest BCUT2D eigenvalue weighted by Crippen LogP contribution is 2.46. The Bertz CT molecular complexity index is 640. The molecule has 0 spiro atoms. The van der Waals surface area contributed by atoms with Crippen LogP contribution < -0.4 is 5.73 Å². The van der Waals surface area contributed by atoms with Crippen LogP contribution in [0.3, 0.4) is 0 Å². The zero-order valence-corrected chi connectivity index (χ0v) is 14.3. The van der Waals surface area contributed by atoms with E-state index in [1.54, 1.807) is 0 Å². The van der Waals surface area contributed by atoms with E-state index >= 15 is 0 Å². The van der Waals surface area contributed by atoms with Crippen LogP contribution in [-0.2, 0) is 4.79 Å². The maximum atomic E-state index is 13.8. The monoisotopic (exact) mass is 349 g/mol. The number of halogens is 2. The van der Waals surface area contributed by atoms with Gasteiger partial charge < -0.3 is 10.6 Å². The lowest BCUT2D eigenvalue weighted by Crippen LogP contribution is -2.60. The summed E-state index contributed by atoms with van der Waals surface area (Å²) in [5, 5.41) is 0. The fourth-order valence-corrected chi connectivity index (χ4v) is 5.18. The number of nitrogens with two attached hydrogens (primary N) is 1. The first-order chi connectivity index (χ1) is 12.1. The topological polar surface area (TPSA) is 49.6 Å². The van der Waals surface area contributed by atoms with Crippen LogP contribution in [0.4, 0.5) is 8.78 Å². The molecule has 4 aliphatic rings. The standard InChI is InChI=1S/C19H25F2N3O/c20-14-8-13(9-15(21)10-14)16-11-24(17(25)2-1-5-22)18-12-3-6-23(7-4-12)19(16)18/h8-10,12,16,18-19H,1-7,11,22H2/t16-,18+,19+/m1/s1. The van der Waals surface area contributed by atoms with E-state index in [4.69, 9.17) is 5.73 Å². The first-order valence-corrected chi connectivity index (χ1v) is 9.28. The largest absolute Gasteiger partial charge is 0.337 e. The van der Waals surface area contributed by atoms with Gasteiger partial charge in [-0.3, -0.25) is 9.69 Å². The van der Waals surface area contributed by atoms with Crippen molar-refractivity contribution in [3.05, 3.63) is 35.4 Å². The van der Waals surface area contributed by atoms with Gasteiger partial charge in [-0.2, -0.15) is 0 Å². The lowest BCUT2D eigenvalue weighted by atomic mass is 9.75. The van der Waals surface area contributed by atoms with Crippen molar-refractivity contribution in [2.45, 2.75) is 43.7 Å². The number of rotatable bonds is 4. The van der Waals surface area contributed by atoms with Gasteiger partial charge >= 0.3 is 0 Å². The van der Waals surface area contributed by atoms with Gasteiger partial charge in [-0.1, -0.05) is 0 Å². The van der Waals surface area contributed by atoms with Crippen LogP contribution in [0.1, 0.15) is 37.2 Å². The van der Waals surface area contributed by atoms with Gasteiger partial charge in [0.1, 0.15) is 11.6 Å². The van der Waals surface area contributed by atoms with Crippen molar-refractivity contribution in [2.75, 3.05) is 26.2 Å². The first kappa shape index (κ1) is 16.9. The Labute approximate surface area is 147 Å². The molecule has 2 N–H and O–H groups in total. The van der Waals surface area contributed by atoms with E-state index in [0.717, 1.165) is 32.0 Å². The van der Waals surface area contributed by atoms with Crippen molar-refractivity contribution in [3.8, 4) is 0 Å². The zero-order chi connectivity index (χ0) is 17.6. The van der Waals surface area contributed by atoms with Crippen LogP contribution in [0, 0.1) is 17.6 Å². The average Bonchev–Trinajstić information content (AvgIpc) is 3.03. The number of fused-ring (bicyclic) bond motifs is 2. The highest BCUT2D eigenvalue weighted by molar-refractivity contribution is 5.77. The summed E-state index contributed by atoms with van der Waals surface area (Å²) >= 11 is 0. The number of carbonyl (C=O) groups is 1. The van der Waals surface area contributed by atoms with Gasteiger partial charge in [0.05, 0.1) is 6.04 Å². The normalized spacial score (nSPS) is 33.6. The number of nitrogens with zero attached hydrogens (tertiary/aromatic N) is 2. The zero-order valence-electron chi connectivity index (χ0n) is 14.3. The van der Waals surface area contributed by atoms with E-state index in [1.807, 2.05) is 4.90 Å². The van der Waals surface area contributed by atoms with Crippen molar-refractivity contribution in [3.63, 3.8) is 0 Å². The Kier molecular flexibility index (Phi) is 4.50. The molecule has 0 aromatic heterocycles. The molecule has 1 aromatic carbocycles. The van der Waals surface area contributed by atoms with Gasteiger partial charge in [0.15, 0.2) is 0 Å². The number of carbonyl (C=O) groups excluding carboxylic acids is 1. The fraction of sp³-hybridized carbons (Fsp3) is 0.632. The summed E-state index contributed by atoms with van der Waals surface area (Å²) < 4.78 is 27.5. The predicted molar refractivity (Wildman–Crippen MR) is 91.0 cm³/mol. The average molecular weight is 349 g/mol. The third-order valence-electron chi connectivity index (χ3n) is 6.22. The molecule has 4 aliphatic heterocycles. The summed E-state index contributed by atoms with van der Waals surface area (Å²) in [6.07, 6.45) is 3.34. The Morgan fingerprint density at radius 3 is 2.44 bits per heavy atom. The van der Waals surface area contributed by atoms with Crippen LogP contribution in [0.25, 0.3) is 0 Å². The second-order valence-electron chi connectivity index (χ2n) is 7.60. The van der Waals surface area contributed by atoms with E-state index in [-0.39, 0.29) is 23.9 Å². The predicted octanol–water partition coefficient (Wildman–Crippen LogP) is 2.09. The molecule has 0 unspecified atom stereocenters. The molecule has 6 heteroatoms. The molecular weight excluding hydrogens is 324 g/mol. The molecule has 4 heterocycles. The number of amides is 1. The SMILES string of the molecule is NCCCC(=O)N1C[C@H](c2cc(F)cc(F)c2)[C@H]2[C@@H]1C1CCN2CC1. The Morgan fingerprint density at radius 2 is 1.80 bits per heavy atom. The van der Waals surface area contributed by atoms with Crippen LogP contribution in [0.2, 0.25) is 0 Å². The fourth-order valence-electron chi connectivity index (χ4n) is 5.18. The van der Waals surface area contributed by atoms with E-state index < -0.39 is 11.6 Å². The molecule has 1 amide bonds. The third-order valence-corrected chi connectivity index (χ3v) is 6.22. The lowest BCUT2D eigenvalue weighted by Gasteiger charge is -2.51. The number of hydrogen-bond acceptors (Lipinski definition) is 3. The van der Waals surface area contributed by atoms with Crippen molar-refractivity contribution < 1.29 is 13.6 Å². The molecule has 25 heavy (non-hydrogen) atoms. The van der Waals surface area contributed by atoms with Crippen molar-refractivity contribution in [1.29, 1.82) is 0 Å². The van der Waals surface area contributed by atoms with Crippen LogP contribution in [0.15, 0.2) is 18.2 Å². The molecule has 4 fully saturated rings. The van der Waals surface area contributed by atoms with Crippen molar-refractivity contribution >= 4 is 5.91 Å². The Balaban J connectivity index is 1.67. The minimum atomic E-state index is -0.546. The molecule has 1 aromatic rings. The minimum Gasteiger partial charge on any atom is -0.337 e. The number of likely N-dealkylation sites (tertiary alicyclic amines) is 1. The molecule has 2 bridgehead atoms. The smallest absolute Gasteiger partial charge is 0.222 e. The van der Waals surface area contributed by atoms with Gasteiger partial charge in [-0.15, -0.1) is 0 Å². The molecule has 4 nitrogen and oxygen atoms in total. The third kappa shape index (κ3) is 2.95. The summed E-state index contributed by atoms with van der Waals surface area (Å²) in [6, 6.07) is 4.12. The molecule has 0 aliphatic carbocycles. The molecule has 4 saturated heterocycles. The van der Waals surface area contributed by atoms with E-state index in [2.05, 4.69) is 4.90 Å². The van der Waals surface area contributed by atoms with Crippen molar-refractivity contribution in [2.24, 2.45) is 11.7 Å². The summed E-state index contributed by atoms with van der Waals surface area (Å²) in [6.45, 7) is 3.09. The summed E-state index contributed by atoms with van der Waals surface area (Å²) in [4.78, 5) is 17.2. The van der Waals surface area contributed by atoms with Gasteiger partial charge in [0.25, 0.3) is 0 Å². The second-order valence-corrected chi connectivity index (χ2v) is 7.60. The lowest BCUT2D eigenvalue weighted by molar-refractivity contribution is -0.136. The van der Waals surface area contributed by atoms with Gasteiger partial charge in [-0.05, 0) is 62.5 Å². The van der Waals surface area contributed by atoms with Crippen molar-refractivity contribution in [1.82, 2.24) is 9.80 Å². The maximum Gasteiger partial charge on any atom is 0.222 e. The molecule has 0 saturated carbocycles. The van der Waals surface area contributed by atoms with E-state index in [9.17, 15) is 13.6 Å². The van der Waals surface area contributed by atoms with Gasteiger partial charge in [-0.25, -0.2) is 8.78 Å². The number of hydrogen-bond donors (Lipinski definition) is 1. The van der Waals surface area contributed by atoms with Crippen LogP contribution >= 0.6 is 0 Å². The molecule has 0 radical (unpaired) electrons. The summed E-state index contributed by atoms with van der Waals surface area (Å²) in [7, 11) is 0. The number of benzene rings is 1. The highest BCUT2D eigenvalue weighted by atomic mass is 19.1. The first-order valence-electron chi connectivity index (χ1n) is 9.28. The summed E-state index contributed by atoms with van der Waals surface area (Å²) in [5.74, 6) is -0.486. The van der Waals surface area contributed by atoms with E-state index in [0.29, 0.717) is 37.4 Å². The van der Waals surface area contributed by atoms with E-state index in [1.165, 1.54) is 12.1 Å². The molecule has 136 valence electrons. The second kappa shape index (κ2) is 6.65. The number of piperidine rings is 3. The molecular formula is C19H25F2N3O. The Morgan fingerprint density at radius 1 is 1.12 bits per heavy atom. The minimum absolute atomic E-state index is 0.0277. The highest BCUT2D eigenvalue weighted by Gasteiger charge is 2.54. The Hall–Kier alpha value is -1.53. The van der Waals surface area contributed by atoms with Gasteiger partial charge in [0.2, 0.25) is 5.91 Å². The van der Waals surface area contributed by atoms with Crippen LogP contribution in [0.5, 0.6) is 0 Å². The summed E-state index contributed by atoms with van der Waals surface area (Å²) in [5.41, 5.74) is 6.23. The molecule has 5 rings (SSSR count). The maximum absolute atomic E-state index is 13.8. The van der Waals surface area contributed by atoms with Gasteiger partial charge in [0, 0.05) is 31.0 Å². The quantitative estimate of drug-likeness (QED) is 0.906. The van der Waals surface area contributed by atoms with Crippen LogP contribution in [-0.4, -0.2) is 54.0 Å².